The van der Waals surface area contributed by atoms with E-state index in [1.807, 2.05) is 12.1 Å². The molecule has 6 heteroatoms. The monoisotopic (exact) mass is 252 g/mol. The molecule has 0 aliphatic heterocycles. The minimum atomic E-state index is 0.395. The Bertz CT molecular complexity index is 475. The summed E-state index contributed by atoms with van der Waals surface area (Å²) in [7, 11) is 0. The zero-order valence-corrected chi connectivity index (χ0v) is 9.87. The van der Waals surface area contributed by atoms with Crippen LogP contribution in [0.1, 0.15) is 5.69 Å². The van der Waals surface area contributed by atoms with Gasteiger partial charge in [-0.05, 0) is 12.1 Å². The van der Waals surface area contributed by atoms with Gasteiger partial charge in [0.1, 0.15) is 10.2 Å². The highest BCUT2D eigenvalue weighted by Crippen LogP contribution is 2.24. The highest BCUT2D eigenvalue weighted by Gasteiger charge is 2.02. The van der Waals surface area contributed by atoms with E-state index in [1.54, 1.807) is 12.4 Å². The summed E-state index contributed by atoms with van der Waals surface area (Å²) in [5.74, 6) is 0.672. The van der Waals surface area contributed by atoms with E-state index in [9.17, 15) is 0 Å². The molecule has 0 aliphatic rings. The van der Waals surface area contributed by atoms with Crippen molar-refractivity contribution in [1.29, 1.82) is 0 Å². The van der Waals surface area contributed by atoms with Crippen molar-refractivity contribution in [3.05, 3.63) is 41.6 Å². The lowest BCUT2D eigenvalue weighted by Crippen LogP contribution is -1.93. The second-order valence-electron chi connectivity index (χ2n) is 3.02. The van der Waals surface area contributed by atoms with E-state index in [2.05, 4.69) is 15.0 Å². The number of nitrogen functional groups attached to an aromatic ring is 1. The number of hydrogen-bond acceptors (Lipinski definition) is 5. The molecule has 2 N–H and O–H groups in total. The summed E-state index contributed by atoms with van der Waals surface area (Å²) in [6.45, 7) is 0. The van der Waals surface area contributed by atoms with Crippen LogP contribution in [0, 0.1) is 0 Å². The van der Waals surface area contributed by atoms with Crippen molar-refractivity contribution in [2.75, 3.05) is 5.73 Å². The van der Waals surface area contributed by atoms with Crippen molar-refractivity contribution in [1.82, 2.24) is 15.0 Å². The number of nitrogens with zero attached hydrogens (tertiary/aromatic N) is 3. The second kappa shape index (κ2) is 5.14. The molecule has 0 bridgehead atoms. The first kappa shape index (κ1) is 11.2. The molecule has 82 valence electrons. The van der Waals surface area contributed by atoms with Gasteiger partial charge in [-0.3, -0.25) is 4.98 Å². The topological polar surface area (TPSA) is 64.7 Å². The van der Waals surface area contributed by atoms with E-state index in [-0.39, 0.29) is 0 Å². The van der Waals surface area contributed by atoms with Gasteiger partial charge in [0.05, 0.1) is 23.8 Å². The molecule has 2 aromatic heterocycles. The van der Waals surface area contributed by atoms with Crippen molar-refractivity contribution in [2.45, 2.75) is 10.8 Å². The van der Waals surface area contributed by atoms with Crippen molar-refractivity contribution in [3.63, 3.8) is 0 Å². The van der Waals surface area contributed by atoms with Gasteiger partial charge in [0, 0.05) is 11.9 Å². The van der Waals surface area contributed by atoms with E-state index in [1.165, 1.54) is 18.0 Å². The summed E-state index contributed by atoms with van der Waals surface area (Å²) in [4.78, 5) is 12.3. The number of aromatic nitrogens is 3. The van der Waals surface area contributed by atoms with Gasteiger partial charge >= 0.3 is 0 Å². The fraction of sp³-hybridized carbons (Fsp3) is 0.100. The van der Waals surface area contributed by atoms with Gasteiger partial charge in [-0.15, -0.1) is 0 Å². The summed E-state index contributed by atoms with van der Waals surface area (Å²) in [5, 5.41) is 1.20. The quantitative estimate of drug-likeness (QED) is 0.850. The SMILES string of the molecule is Nc1cccnc1SCc1cnc(Cl)cn1. The normalized spacial score (nSPS) is 10.3. The lowest BCUT2D eigenvalue weighted by molar-refractivity contribution is 1.09. The van der Waals surface area contributed by atoms with Gasteiger partial charge in [-0.2, -0.15) is 0 Å². The fourth-order valence-electron chi connectivity index (χ4n) is 1.08. The third-order valence-electron chi connectivity index (χ3n) is 1.83. The molecular weight excluding hydrogens is 244 g/mol. The predicted octanol–water partition coefficient (Wildman–Crippen LogP) is 2.40. The number of rotatable bonds is 3. The maximum atomic E-state index is 5.77. The number of halogens is 1. The zero-order chi connectivity index (χ0) is 11.4. The molecule has 2 rings (SSSR count). The average molecular weight is 253 g/mol. The van der Waals surface area contributed by atoms with E-state index < -0.39 is 0 Å². The number of thioether (sulfide) groups is 1. The Balaban J connectivity index is 2.02. The summed E-state index contributed by atoms with van der Waals surface area (Å²) in [6.07, 6.45) is 4.89. The van der Waals surface area contributed by atoms with Gasteiger partial charge in [-0.1, -0.05) is 23.4 Å². The van der Waals surface area contributed by atoms with E-state index in [0.29, 0.717) is 16.6 Å². The second-order valence-corrected chi connectivity index (χ2v) is 4.37. The smallest absolute Gasteiger partial charge is 0.147 e. The van der Waals surface area contributed by atoms with Gasteiger partial charge in [0.15, 0.2) is 0 Å². The Labute approximate surface area is 102 Å². The molecule has 0 atom stereocenters. The highest BCUT2D eigenvalue weighted by atomic mass is 35.5. The Morgan fingerprint density at radius 1 is 1.25 bits per heavy atom. The van der Waals surface area contributed by atoms with Crippen molar-refractivity contribution in [3.8, 4) is 0 Å². The van der Waals surface area contributed by atoms with Gasteiger partial charge in [0.25, 0.3) is 0 Å². The van der Waals surface area contributed by atoms with Gasteiger partial charge in [-0.25, -0.2) is 9.97 Å². The third-order valence-corrected chi connectivity index (χ3v) is 3.08. The first-order valence-corrected chi connectivity index (χ1v) is 5.92. The molecule has 0 spiro atoms. The summed E-state index contributed by atoms with van der Waals surface area (Å²) in [6, 6.07) is 3.63. The predicted molar refractivity (Wildman–Crippen MR) is 65.3 cm³/mol. The van der Waals surface area contributed by atoms with Crippen LogP contribution >= 0.6 is 23.4 Å². The molecule has 0 unspecified atom stereocenters. The highest BCUT2D eigenvalue weighted by molar-refractivity contribution is 7.98. The first-order chi connectivity index (χ1) is 7.75. The zero-order valence-electron chi connectivity index (χ0n) is 8.30. The van der Waals surface area contributed by atoms with Gasteiger partial charge < -0.3 is 5.73 Å². The molecule has 0 aromatic carbocycles. The molecule has 0 amide bonds. The molecule has 0 aliphatic carbocycles. The number of anilines is 1. The van der Waals surface area contributed by atoms with Crippen molar-refractivity contribution < 1.29 is 0 Å². The molecule has 0 radical (unpaired) electrons. The number of pyridine rings is 1. The molecule has 2 heterocycles. The molecule has 0 saturated heterocycles. The van der Waals surface area contributed by atoms with E-state index in [4.69, 9.17) is 17.3 Å². The molecule has 4 nitrogen and oxygen atoms in total. The summed E-state index contributed by atoms with van der Waals surface area (Å²) < 4.78 is 0. The summed E-state index contributed by atoms with van der Waals surface area (Å²) >= 11 is 7.17. The molecule has 2 aromatic rings. The van der Waals surface area contributed by atoms with Crippen LogP contribution in [0.3, 0.4) is 0 Å². The van der Waals surface area contributed by atoms with Crippen LogP contribution in [0.4, 0.5) is 5.69 Å². The molecule has 0 fully saturated rings. The van der Waals surface area contributed by atoms with Crippen LogP contribution in [0.25, 0.3) is 0 Å². The maximum absolute atomic E-state index is 5.77. The number of hydrogen-bond donors (Lipinski definition) is 1. The fourth-order valence-corrected chi connectivity index (χ4v) is 1.98. The first-order valence-electron chi connectivity index (χ1n) is 4.55. The Kier molecular flexibility index (Phi) is 3.58. The molecular formula is C10H9ClN4S. The third kappa shape index (κ3) is 2.84. The number of nitrogens with two attached hydrogens (primary N) is 1. The Morgan fingerprint density at radius 3 is 2.81 bits per heavy atom. The summed E-state index contributed by atoms with van der Waals surface area (Å²) in [5.41, 5.74) is 7.29. The van der Waals surface area contributed by atoms with E-state index >= 15 is 0 Å². The van der Waals surface area contributed by atoms with Gasteiger partial charge in [0.2, 0.25) is 0 Å². The Morgan fingerprint density at radius 2 is 2.12 bits per heavy atom. The Hall–Kier alpha value is -1.33. The average Bonchev–Trinajstić information content (AvgIpc) is 2.30. The van der Waals surface area contributed by atoms with Crippen LogP contribution in [0.2, 0.25) is 5.15 Å². The van der Waals surface area contributed by atoms with Crippen LogP contribution < -0.4 is 5.73 Å². The minimum absolute atomic E-state index is 0.395. The van der Waals surface area contributed by atoms with Crippen LogP contribution in [-0.4, -0.2) is 15.0 Å². The molecule has 0 saturated carbocycles. The van der Waals surface area contributed by atoms with Crippen LogP contribution in [0.5, 0.6) is 0 Å². The van der Waals surface area contributed by atoms with Crippen molar-refractivity contribution >= 4 is 29.1 Å². The van der Waals surface area contributed by atoms with Crippen molar-refractivity contribution in [2.24, 2.45) is 0 Å². The van der Waals surface area contributed by atoms with Crippen LogP contribution in [0.15, 0.2) is 35.7 Å². The lowest BCUT2D eigenvalue weighted by atomic mass is 10.4. The maximum Gasteiger partial charge on any atom is 0.147 e. The largest absolute Gasteiger partial charge is 0.397 e. The minimum Gasteiger partial charge on any atom is -0.397 e. The van der Waals surface area contributed by atoms with E-state index in [0.717, 1.165) is 10.7 Å². The molecule has 16 heavy (non-hydrogen) atoms. The lowest BCUT2D eigenvalue weighted by Gasteiger charge is -2.02. The van der Waals surface area contributed by atoms with Crippen LogP contribution in [-0.2, 0) is 5.75 Å². The standard InChI is InChI=1S/C10H9ClN4S/c11-9-5-14-7(4-15-9)6-16-10-8(12)2-1-3-13-10/h1-5H,6,12H2.